The summed E-state index contributed by atoms with van der Waals surface area (Å²) in [7, 11) is 0. The molecule has 1 aliphatic heterocycles. The molecule has 0 spiro atoms. The van der Waals surface area contributed by atoms with Crippen LogP contribution in [0, 0.1) is 0 Å². The molecule has 1 fully saturated rings. The Morgan fingerprint density at radius 1 is 1.33 bits per heavy atom. The summed E-state index contributed by atoms with van der Waals surface area (Å²) in [4.78, 5) is 24.4. The van der Waals surface area contributed by atoms with Crippen molar-refractivity contribution in [2.45, 2.75) is 28.7 Å². The van der Waals surface area contributed by atoms with Crippen molar-refractivity contribution in [1.82, 2.24) is 10.6 Å². The van der Waals surface area contributed by atoms with Gasteiger partial charge in [-0.05, 0) is 19.4 Å². The second kappa shape index (κ2) is 5.96. The number of rotatable bonds is 3. The first-order valence-corrected chi connectivity index (χ1v) is 8.10. The Balaban J connectivity index is 2.52. The highest BCUT2D eigenvalue weighted by Gasteiger charge is 2.61. The van der Waals surface area contributed by atoms with E-state index in [2.05, 4.69) is 42.5 Å². The minimum atomic E-state index is -1.19. The topological polar surface area (TPSA) is 67.4 Å². The van der Waals surface area contributed by atoms with E-state index in [1.165, 1.54) is 0 Å². The van der Waals surface area contributed by atoms with Crippen molar-refractivity contribution in [2.24, 2.45) is 0 Å². The van der Waals surface area contributed by atoms with Gasteiger partial charge in [-0.3, -0.25) is 4.79 Å². The quantitative estimate of drug-likeness (QED) is 0.449. The Kier molecular flexibility index (Phi) is 4.63. The van der Waals surface area contributed by atoms with Crippen molar-refractivity contribution in [3.05, 3.63) is 35.9 Å². The zero-order valence-corrected chi connectivity index (χ0v) is 14.8. The van der Waals surface area contributed by atoms with Crippen molar-refractivity contribution in [2.75, 3.05) is 6.61 Å². The van der Waals surface area contributed by atoms with E-state index in [1.54, 1.807) is 13.8 Å². The Bertz CT molecular complexity index is 550. The van der Waals surface area contributed by atoms with Crippen LogP contribution >= 0.6 is 31.9 Å². The molecule has 0 aromatic heterocycles. The zero-order valence-electron chi connectivity index (χ0n) is 11.7. The number of esters is 1. The molecular formula is C14H16Br2N2O3. The summed E-state index contributed by atoms with van der Waals surface area (Å²) in [5.41, 5.74) is 0.808. The van der Waals surface area contributed by atoms with E-state index in [9.17, 15) is 9.59 Å². The van der Waals surface area contributed by atoms with E-state index in [0.29, 0.717) is 0 Å². The molecule has 2 N–H and O–H groups in total. The molecule has 0 radical (unpaired) electrons. The van der Waals surface area contributed by atoms with Crippen LogP contribution in [0.3, 0.4) is 0 Å². The number of urea groups is 1. The van der Waals surface area contributed by atoms with Crippen LogP contribution in [0.2, 0.25) is 0 Å². The fourth-order valence-electron chi connectivity index (χ4n) is 2.35. The molecule has 5 nitrogen and oxygen atoms in total. The lowest BCUT2D eigenvalue weighted by Crippen LogP contribution is -2.71. The molecule has 0 saturated carbocycles. The van der Waals surface area contributed by atoms with Crippen LogP contribution in [0.5, 0.6) is 0 Å². The Morgan fingerprint density at radius 2 is 1.95 bits per heavy atom. The number of halogens is 2. The molecule has 1 aliphatic rings. The Hall–Kier alpha value is -1.08. The summed E-state index contributed by atoms with van der Waals surface area (Å²) in [5.74, 6) is -0.453. The molecule has 21 heavy (non-hydrogen) atoms. The van der Waals surface area contributed by atoms with E-state index in [-0.39, 0.29) is 12.6 Å². The highest BCUT2D eigenvalue weighted by molar-refractivity contribution is 9.13. The third kappa shape index (κ3) is 2.81. The summed E-state index contributed by atoms with van der Waals surface area (Å²) in [6.45, 7) is 3.71. The van der Waals surface area contributed by atoms with Gasteiger partial charge in [0.2, 0.25) is 0 Å². The summed E-state index contributed by atoms with van der Waals surface area (Å²) < 4.78 is 3.01. The van der Waals surface area contributed by atoms with Crippen molar-refractivity contribution in [3.63, 3.8) is 0 Å². The van der Waals surface area contributed by atoms with Gasteiger partial charge in [0.25, 0.3) is 0 Å². The van der Waals surface area contributed by atoms with E-state index in [1.807, 2.05) is 30.3 Å². The van der Waals surface area contributed by atoms with E-state index in [0.717, 1.165) is 5.56 Å². The van der Waals surface area contributed by atoms with Gasteiger partial charge in [0, 0.05) is 0 Å². The van der Waals surface area contributed by atoms with Gasteiger partial charge in [-0.15, -0.1) is 0 Å². The van der Waals surface area contributed by atoms with Crippen molar-refractivity contribution < 1.29 is 14.3 Å². The largest absolute Gasteiger partial charge is 0.465 e. The number of amides is 2. The van der Waals surface area contributed by atoms with Crippen LogP contribution in [-0.2, 0) is 9.53 Å². The maximum absolute atomic E-state index is 12.5. The molecule has 0 aliphatic carbocycles. The molecule has 0 unspecified atom stereocenters. The van der Waals surface area contributed by atoms with Crippen molar-refractivity contribution >= 4 is 43.9 Å². The second-order valence-electron chi connectivity index (χ2n) is 4.88. The van der Waals surface area contributed by atoms with E-state index >= 15 is 0 Å². The van der Waals surface area contributed by atoms with Crippen LogP contribution in [-0.4, -0.2) is 27.4 Å². The Morgan fingerprint density at radius 3 is 2.52 bits per heavy atom. The highest BCUT2D eigenvalue weighted by atomic mass is 79.9. The van der Waals surface area contributed by atoms with Gasteiger partial charge in [-0.25, -0.2) is 4.79 Å². The predicted octanol–water partition coefficient (Wildman–Crippen LogP) is 2.85. The number of hydrogen-bond acceptors (Lipinski definition) is 3. The molecule has 114 valence electrons. The van der Waals surface area contributed by atoms with Crippen LogP contribution in [0.4, 0.5) is 4.79 Å². The second-order valence-corrected chi connectivity index (χ2v) is 7.71. The number of nitrogens with one attached hydrogen (secondary N) is 2. The molecule has 2 amide bonds. The molecule has 0 bridgehead atoms. The lowest BCUT2D eigenvalue weighted by atomic mass is 9.85. The number of ether oxygens (including phenoxy) is 1. The minimum Gasteiger partial charge on any atom is -0.465 e. The van der Waals surface area contributed by atoms with Gasteiger partial charge in [0.05, 0.1) is 12.6 Å². The van der Waals surface area contributed by atoms with Gasteiger partial charge < -0.3 is 15.4 Å². The van der Waals surface area contributed by atoms with E-state index in [4.69, 9.17) is 4.74 Å². The van der Waals surface area contributed by atoms with E-state index < -0.39 is 20.8 Å². The van der Waals surface area contributed by atoms with Crippen LogP contribution < -0.4 is 10.6 Å². The van der Waals surface area contributed by atoms with Gasteiger partial charge in [0.15, 0.2) is 4.32 Å². The van der Waals surface area contributed by atoms with Crippen molar-refractivity contribution in [3.8, 4) is 0 Å². The number of alkyl halides is 2. The first-order chi connectivity index (χ1) is 9.83. The summed E-state index contributed by atoms with van der Waals surface area (Å²) in [6, 6.07) is 8.36. The van der Waals surface area contributed by atoms with Gasteiger partial charge in [-0.1, -0.05) is 62.2 Å². The fourth-order valence-corrected chi connectivity index (χ4v) is 3.51. The van der Waals surface area contributed by atoms with Crippen molar-refractivity contribution in [1.29, 1.82) is 0 Å². The van der Waals surface area contributed by atoms with Gasteiger partial charge in [-0.2, -0.15) is 0 Å². The maximum Gasteiger partial charge on any atom is 0.328 e. The number of carbonyl (C=O) groups is 2. The monoisotopic (exact) mass is 418 g/mol. The number of carbonyl (C=O) groups excluding carboxylic acids is 2. The lowest BCUT2D eigenvalue weighted by Gasteiger charge is -2.48. The molecule has 1 heterocycles. The average Bonchev–Trinajstić information content (AvgIpc) is 2.43. The number of hydrogen-bond donors (Lipinski definition) is 2. The summed E-state index contributed by atoms with van der Waals surface area (Å²) in [5, 5.41) is 5.49. The molecule has 1 saturated heterocycles. The highest BCUT2D eigenvalue weighted by Crippen LogP contribution is 2.48. The Labute approximate surface area is 140 Å². The smallest absolute Gasteiger partial charge is 0.328 e. The fraction of sp³-hybridized carbons (Fsp3) is 0.429. The lowest BCUT2D eigenvalue weighted by molar-refractivity contribution is -0.148. The van der Waals surface area contributed by atoms with Crippen LogP contribution in [0.1, 0.15) is 25.5 Å². The molecule has 1 aromatic rings. The van der Waals surface area contributed by atoms with Gasteiger partial charge >= 0.3 is 12.0 Å². The minimum absolute atomic E-state index is 0.255. The van der Waals surface area contributed by atoms with Crippen LogP contribution in [0.15, 0.2) is 30.3 Å². The third-order valence-corrected chi connectivity index (χ3v) is 6.34. The van der Waals surface area contributed by atoms with Crippen LogP contribution in [0.25, 0.3) is 0 Å². The molecule has 2 rings (SSSR count). The van der Waals surface area contributed by atoms with Gasteiger partial charge in [0.1, 0.15) is 4.45 Å². The first kappa shape index (κ1) is 16.3. The SMILES string of the molecule is CCOC(=O)[C@@]1(Br)[C@H](c2ccccc2)NC(=O)N[C@@]1(C)Br. The molecule has 1 aromatic carbocycles. The third-order valence-electron chi connectivity index (χ3n) is 3.41. The standard InChI is InChI=1S/C14H16Br2N2O3/c1-3-21-11(19)14(16)10(9-7-5-4-6-8-9)17-12(20)18-13(14,2)15/h4-8,10H,3H2,1-2H3,(H2,17,18,20)/t10-,13+,14-/m0/s1. The molecular weight excluding hydrogens is 404 g/mol. The zero-order chi connectivity index (χ0) is 15.7. The predicted molar refractivity (Wildman–Crippen MR) is 86.5 cm³/mol. The maximum atomic E-state index is 12.5. The molecule has 3 atom stereocenters. The summed E-state index contributed by atoms with van der Waals surface area (Å²) >= 11 is 6.96. The number of benzene rings is 1. The first-order valence-electron chi connectivity index (χ1n) is 6.51. The summed E-state index contributed by atoms with van der Waals surface area (Å²) in [6.07, 6.45) is 0. The molecule has 7 heteroatoms. The normalized spacial score (nSPS) is 32.0. The average molecular weight is 420 g/mol.